The van der Waals surface area contributed by atoms with E-state index in [1.54, 1.807) is 4.57 Å². The maximum absolute atomic E-state index is 15.5. The monoisotopic (exact) mass is 474 g/mol. The molecular weight excluding hydrogens is 443 g/mol. The van der Waals surface area contributed by atoms with Gasteiger partial charge in [-0.1, -0.05) is 5.16 Å². The van der Waals surface area contributed by atoms with E-state index in [0.29, 0.717) is 24.3 Å². The molecule has 0 radical (unpaired) electrons. The minimum Gasteiger partial charge on any atom is -0.492 e. The Bertz CT molecular complexity index is 1190. The highest BCUT2D eigenvalue weighted by atomic mass is 19.1. The van der Waals surface area contributed by atoms with Crippen molar-refractivity contribution in [1.82, 2.24) is 9.47 Å². The van der Waals surface area contributed by atoms with Crippen LogP contribution in [0.1, 0.15) is 49.5 Å². The van der Waals surface area contributed by atoms with E-state index in [9.17, 15) is 14.7 Å². The molecular formula is C24H31FN4O5. The van der Waals surface area contributed by atoms with Gasteiger partial charge < -0.3 is 24.1 Å². The third-order valence-corrected chi connectivity index (χ3v) is 6.66. The quantitative estimate of drug-likeness (QED) is 0.464. The maximum Gasteiger partial charge on any atom is 0.341 e. The van der Waals surface area contributed by atoms with Gasteiger partial charge in [0.2, 0.25) is 5.43 Å². The third-order valence-electron chi connectivity index (χ3n) is 6.66. The summed E-state index contributed by atoms with van der Waals surface area (Å²) in [6, 6.07) is 1.40. The topological polar surface area (TPSA) is 96.6 Å². The van der Waals surface area contributed by atoms with Crippen LogP contribution < -0.4 is 15.1 Å². The number of halogens is 1. The van der Waals surface area contributed by atoms with Crippen molar-refractivity contribution in [2.75, 3.05) is 45.3 Å². The Kier molecular flexibility index (Phi) is 6.79. The zero-order valence-electron chi connectivity index (χ0n) is 20.0. The summed E-state index contributed by atoms with van der Waals surface area (Å²) in [6.45, 7) is 6.75. The molecule has 10 heteroatoms. The number of fused-ring (bicyclic) bond motifs is 1. The number of hydrogen-bond donors (Lipinski definition) is 1. The highest BCUT2D eigenvalue weighted by molar-refractivity contribution is 5.97. The van der Waals surface area contributed by atoms with Crippen molar-refractivity contribution in [3.05, 3.63) is 33.9 Å². The fourth-order valence-corrected chi connectivity index (χ4v) is 4.76. The van der Waals surface area contributed by atoms with Crippen molar-refractivity contribution in [2.24, 2.45) is 5.16 Å². The summed E-state index contributed by atoms with van der Waals surface area (Å²) in [5.41, 5.74) is 0.629. The van der Waals surface area contributed by atoms with Crippen LogP contribution in [0, 0.1) is 5.82 Å². The molecule has 1 atom stereocenters. The third kappa shape index (κ3) is 4.46. The molecule has 2 aromatic rings. The number of carbonyl (C=O) groups is 1. The summed E-state index contributed by atoms with van der Waals surface area (Å²) in [5.74, 6) is -1.63. The van der Waals surface area contributed by atoms with Crippen LogP contribution in [-0.4, -0.2) is 72.7 Å². The van der Waals surface area contributed by atoms with Crippen molar-refractivity contribution in [3.8, 4) is 5.75 Å². The van der Waals surface area contributed by atoms with Crippen molar-refractivity contribution < 1.29 is 23.9 Å². The molecule has 1 saturated heterocycles. The second kappa shape index (κ2) is 9.61. The van der Waals surface area contributed by atoms with Gasteiger partial charge in [-0.2, -0.15) is 0 Å². The standard InChI is InChI=1S/C24H31FN4O5/c1-14(26-34-4)7-8-27-9-10-28(12-15(27)2)21-19(25)11-17-20(23(21)33-3)29(16-5-6-16)13-18(22(17)30)24(31)32/h11,13,15-16H,5-10,12H2,1-4H3,(H,31,32)/b26-14+. The zero-order chi connectivity index (χ0) is 24.6. The van der Waals surface area contributed by atoms with E-state index in [4.69, 9.17) is 9.57 Å². The molecule has 184 valence electrons. The average Bonchev–Trinajstić information content (AvgIpc) is 3.63. The van der Waals surface area contributed by atoms with Crippen molar-refractivity contribution >= 4 is 28.3 Å². The van der Waals surface area contributed by atoms with E-state index < -0.39 is 17.2 Å². The number of carboxylic acids is 1. The van der Waals surface area contributed by atoms with Crippen LogP contribution in [-0.2, 0) is 4.84 Å². The second-order valence-corrected chi connectivity index (χ2v) is 9.04. The van der Waals surface area contributed by atoms with E-state index in [-0.39, 0.29) is 28.8 Å². The number of rotatable bonds is 8. The summed E-state index contributed by atoms with van der Waals surface area (Å²) in [5, 5.41) is 13.5. The molecule has 1 unspecified atom stereocenters. The van der Waals surface area contributed by atoms with Crippen LogP contribution in [0.5, 0.6) is 5.75 Å². The van der Waals surface area contributed by atoms with Crippen molar-refractivity contribution in [2.45, 2.75) is 45.2 Å². The zero-order valence-corrected chi connectivity index (χ0v) is 20.0. The van der Waals surface area contributed by atoms with Crippen LogP contribution in [0.3, 0.4) is 0 Å². The Morgan fingerprint density at radius 2 is 2.03 bits per heavy atom. The average molecular weight is 475 g/mol. The molecule has 1 aliphatic heterocycles. The van der Waals surface area contributed by atoms with Gasteiger partial charge in [-0.15, -0.1) is 0 Å². The van der Waals surface area contributed by atoms with Gasteiger partial charge in [0, 0.05) is 50.9 Å². The molecule has 34 heavy (non-hydrogen) atoms. The van der Waals surface area contributed by atoms with E-state index in [0.717, 1.165) is 38.1 Å². The van der Waals surface area contributed by atoms with Gasteiger partial charge in [-0.3, -0.25) is 9.69 Å². The number of methoxy groups -OCH3 is 1. The Labute approximate surface area is 197 Å². The minimum absolute atomic E-state index is 0.0319. The molecule has 0 spiro atoms. The molecule has 0 amide bonds. The molecule has 2 fully saturated rings. The predicted molar refractivity (Wildman–Crippen MR) is 128 cm³/mol. The molecule has 1 aromatic heterocycles. The Hall–Kier alpha value is -3.14. The molecule has 1 aromatic carbocycles. The first kappa shape index (κ1) is 24.0. The number of ether oxygens (including phenoxy) is 1. The number of anilines is 1. The van der Waals surface area contributed by atoms with Gasteiger partial charge in [0.25, 0.3) is 0 Å². The normalized spacial score (nSPS) is 19.5. The summed E-state index contributed by atoms with van der Waals surface area (Å²) >= 11 is 0. The van der Waals surface area contributed by atoms with E-state index in [1.165, 1.54) is 26.5 Å². The number of oxime groups is 1. The first-order valence-corrected chi connectivity index (χ1v) is 11.5. The van der Waals surface area contributed by atoms with Crippen LogP contribution >= 0.6 is 0 Å². The summed E-state index contributed by atoms with van der Waals surface area (Å²) in [6.07, 6.45) is 3.90. The summed E-state index contributed by atoms with van der Waals surface area (Å²) in [7, 11) is 2.99. The number of benzene rings is 1. The Balaban J connectivity index is 1.71. The number of carboxylic acid groups (broad SMARTS) is 1. The predicted octanol–water partition coefficient (Wildman–Crippen LogP) is 3.11. The number of nitrogens with zero attached hydrogens (tertiary/aromatic N) is 4. The van der Waals surface area contributed by atoms with Crippen LogP contribution in [0.4, 0.5) is 10.1 Å². The van der Waals surface area contributed by atoms with Gasteiger partial charge in [0.05, 0.1) is 23.7 Å². The molecule has 1 N–H and O–H groups in total. The molecule has 1 saturated carbocycles. The minimum atomic E-state index is -1.32. The summed E-state index contributed by atoms with van der Waals surface area (Å²) in [4.78, 5) is 33.6. The second-order valence-electron chi connectivity index (χ2n) is 9.04. The molecule has 9 nitrogen and oxygen atoms in total. The Morgan fingerprint density at radius 1 is 1.29 bits per heavy atom. The molecule has 2 heterocycles. The lowest BCUT2D eigenvalue weighted by Gasteiger charge is -2.41. The fourth-order valence-electron chi connectivity index (χ4n) is 4.76. The first-order valence-electron chi connectivity index (χ1n) is 11.5. The SMILES string of the molecule is CO/N=C(\C)CCN1CCN(c2c(F)cc3c(=O)c(C(=O)O)cn(C4CC4)c3c2OC)CC1C. The number of pyridine rings is 1. The highest BCUT2D eigenvalue weighted by Crippen LogP contribution is 2.44. The van der Waals surface area contributed by atoms with Crippen molar-refractivity contribution in [1.29, 1.82) is 0 Å². The van der Waals surface area contributed by atoms with Gasteiger partial charge >= 0.3 is 5.97 Å². The number of piperazine rings is 1. The van der Waals surface area contributed by atoms with Gasteiger partial charge in [0.15, 0.2) is 11.6 Å². The van der Waals surface area contributed by atoms with Gasteiger partial charge in [-0.05, 0) is 32.8 Å². The summed E-state index contributed by atoms with van der Waals surface area (Å²) < 4.78 is 23.0. The van der Waals surface area contributed by atoms with Gasteiger partial charge in [0.1, 0.15) is 18.4 Å². The Morgan fingerprint density at radius 3 is 2.62 bits per heavy atom. The number of aromatic carboxylic acids is 1. The lowest BCUT2D eigenvalue weighted by atomic mass is 10.1. The fraction of sp³-hybridized carbons (Fsp3) is 0.542. The lowest BCUT2D eigenvalue weighted by Crippen LogP contribution is -2.52. The van der Waals surface area contributed by atoms with E-state index in [1.807, 2.05) is 11.8 Å². The smallest absolute Gasteiger partial charge is 0.341 e. The van der Waals surface area contributed by atoms with Crippen LogP contribution in [0.2, 0.25) is 0 Å². The van der Waals surface area contributed by atoms with E-state index in [2.05, 4.69) is 17.0 Å². The van der Waals surface area contributed by atoms with Crippen LogP contribution in [0.15, 0.2) is 22.2 Å². The molecule has 2 aliphatic rings. The highest BCUT2D eigenvalue weighted by Gasteiger charge is 2.33. The first-order chi connectivity index (χ1) is 16.3. The lowest BCUT2D eigenvalue weighted by molar-refractivity contribution is 0.0694. The van der Waals surface area contributed by atoms with Crippen molar-refractivity contribution in [3.63, 3.8) is 0 Å². The molecule has 4 rings (SSSR count). The molecule has 0 bridgehead atoms. The maximum atomic E-state index is 15.5. The van der Waals surface area contributed by atoms with Gasteiger partial charge in [-0.25, -0.2) is 9.18 Å². The number of hydrogen-bond acceptors (Lipinski definition) is 7. The number of aromatic nitrogens is 1. The molecule has 1 aliphatic carbocycles. The van der Waals surface area contributed by atoms with Crippen LogP contribution in [0.25, 0.3) is 10.9 Å². The largest absolute Gasteiger partial charge is 0.492 e. The van der Waals surface area contributed by atoms with E-state index >= 15 is 4.39 Å².